The third-order valence-electron chi connectivity index (χ3n) is 2.71. The lowest BCUT2D eigenvalue weighted by Gasteiger charge is -2.20. The van der Waals surface area contributed by atoms with Crippen LogP contribution in [0.1, 0.15) is 13.8 Å². The number of hydrogen-bond donors (Lipinski definition) is 0. The van der Waals surface area contributed by atoms with Gasteiger partial charge in [-0.25, -0.2) is 4.98 Å². The molecule has 0 aliphatic carbocycles. The molecule has 0 aliphatic heterocycles. The molecule has 3 nitrogen and oxygen atoms in total. The molecule has 16 heavy (non-hydrogen) atoms. The second-order valence-corrected chi connectivity index (χ2v) is 3.58. The Hall–Kier alpha value is -1.77. The molecular formula is C13H16N2O. The summed E-state index contributed by atoms with van der Waals surface area (Å²) in [5, 5.41) is 0. The van der Waals surface area contributed by atoms with Gasteiger partial charge in [0.15, 0.2) is 12.2 Å². The van der Waals surface area contributed by atoms with Gasteiger partial charge in [-0.05, 0) is 38.1 Å². The van der Waals surface area contributed by atoms with Crippen molar-refractivity contribution < 1.29 is 4.42 Å². The van der Waals surface area contributed by atoms with Gasteiger partial charge in [0.25, 0.3) is 0 Å². The summed E-state index contributed by atoms with van der Waals surface area (Å²) in [5.74, 6) is 0.811. The standard InChI is InChI=1S/C13H16N2O/c1-3-15(4-2)12-7-5-11(6-8-12)13-9-14-10-16-13/h5-10H,3-4H2,1-2H3. The molecule has 0 amide bonds. The molecule has 0 radical (unpaired) electrons. The van der Waals surface area contributed by atoms with Crippen LogP contribution in [0.5, 0.6) is 0 Å². The van der Waals surface area contributed by atoms with Crippen molar-refractivity contribution >= 4 is 5.69 Å². The fourth-order valence-electron chi connectivity index (χ4n) is 1.78. The Bertz CT molecular complexity index is 416. The van der Waals surface area contributed by atoms with E-state index in [9.17, 15) is 0 Å². The summed E-state index contributed by atoms with van der Waals surface area (Å²) >= 11 is 0. The first kappa shape index (κ1) is 10.7. The van der Waals surface area contributed by atoms with Crippen LogP contribution in [-0.2, 0) is 0 Å². The monoisotopic (exact) mass is 216 g/mol. The Morgan fingerprint density at radius 2 is 1.81 bits per heavy atom. The summed E-state index contributed by atoms with van der Waals surface area (Å²) < 4.78 is 5.25. The van der Waals surface area contributed by atoms with E-state index in [1.165, 1.54) is 12.1 Å². The molecule has 0 saturated carbocycles. The van der Waals surface area contributed by atoms with E-state index in [2.05, 4.69) is 48.0 Å². The highest BCUT2D eigenvalue weighted by Gasteiger charge is 2.04. The van der Waals surface area contributed by atoms with E-state index in [0.29, 0.717) is 0 Å². The minimum atomic E-state index is 0.811. The largest absolute Gasteiger partial charge is 0.444 e. The topological polar surface area (TPSA) is 29.3 Å². The van der Waals surface area contributed by atoms with E-state index < -0.39 is 0 Å². The van der Waals surface area contributed by atoms with Crippen LogP contribution in [0.3, 0.4) is 0 Å². The summed E-state index contributed by atoms with van der Waals surface area (Å²) in [6.45, 7) is 6.37. The zero-order valence-corrected chi connectivity index (χ0v) is 9.68. The second kappa shape index (κ2) is 4.84. The van der Waals surface area contributed by atoms with E-state index in [0.717, 1.165) is 24.4 Å². The average molecular weight is 216 g/mol. The van der Waals surface area contributed by atoms with Gasteiger partial charge >= 0.3 is 0 Å². The van der Waals surface area contributed by atoms with Gasteiger partial charge in [-0.1, -0.05) is 0 Å². The first-order valence-corrected chi connectivity index (χ1v) is 5.59. The summed E-state index contributed by atoms with van der Waals surface area (Å²) in [4.78, 5) is 6.22. The maximum absolute atomic E-state index is 5.25. The van der Waals surface area contributed by atoms with Crippen molar-refractivity contribution in [1.82, 2.24) is 4.98 Å². The van der Waals surface area contributed by atoms with Crippen molar-refractivity contribution in [3.63, 3.8) is 0 Å². The lowest BCUT2D eigenvalue weighted by Crippen LogP contribution is -2.21. The van der Waals surface area contributed by atoms with Gasteiger partial charge in [-0.2, -0.15) is 0 Å². The number of oxazole rings is 1. The van der Waals surface area contributed by atoms with Crippen LogP contribution in [-0.4, -0.2) is 18.1 Å². The normalized spacial score (nSPS) is 10.4. The van der Waals surface area contributed by atoms with Crippen molar-refractivity contribution in [2.24, 2.45) is 0 Å². The quantitative estimate of drug-likeness (QED) is 0.786. The van der Waals surface area contributed by atoms with E-state index >= 15 is 0 Å². The molecule has 0 saturated heterocycles. The van der Waals surface area contributed by atoms with Crippen molar-refractivity contribution in [3.8, 4) is 11.3 Å². The van der Waals surface area contributed by atoms with Gasteiger partial charge in [0.2, 0.25) is 0 Å². The summed E-state index contributed by atoms with van der Waals surface area (Å²) in [7, 11) is 0. The van der Waals surface area contributed by atoms with Crippen LogP contribution >= 0.6 is 0 Å². The lowest BCUT2D eigenvalue weighted by molar-refractivity contribution is 0.572. The molecule has 0 aliphatic rings. The predicted octanol–water partition coefficient (Wildman–Crippen LogP) is 3.19. The maximum Gasteiger partial charge on any atom is 0.181 e. The number of anilines is 1. The smallest absolute Gasteiger partial charge is 0.181 e. The lowest BCUT2D eigenvalue weighted by atomic mass is 10.1. The highest BCUT2D eigenvalue weighted by atomic mass is 16.3. The average Bonchev–Trinajstić information content (AvgIpc) is 2.85. The highest BCUT2D eigenvalue weighted by molar-refractivity contribution is 5.61. The Morgan fingerprint density at radius 3 is 2.31 bits per heavy atom. The number of aromatic nitrogens is 1. The third-order valence-corrected chi connectivity index (χ3v) is 2.71. The summed E-state index contributed by atoms with van der Waals surface area (Å²) in [6.07, 6.45) is 3.18. The number of hydrogen-bond acceptors (Lipinski definition) is 3. The van der Waals surface area contributed by atoms with Crippen molar-refractivity contribution in [1.29, 1.82) is 0 Å². The Kier molecular flexibility index (Phi) is 3.25. The van der Waals surface area contributed by atoms with Gasteiger partial charge in [-0.3, -0.25) is 0 Å². The van der Waals surface area contributed by atoms with E-state index in [-0.39, 0.29) is 0 Å². The third kappa shape index (κ3) is 2.08. The van der Waals surface area contributed by atoms with Crippen molar-refractivity contribution in [2.75, 3.05) is 18.0 Å². The molecule has 2 aromatic rings. The summed E-state index contributed by atoms with van der Waals surface area (Å²) in [5.41, 5.74) is 2.31. The zero-order valence-electron chi connectivity index (χ0n) is 9.68. The molecule has 84 valence electrons. The van der Waals surface area contributed by atoms with Gasteiger partial charge < -0.3 is 9.32 Å². The molecule has 0 fully saturated rings. The second-order valence-electron chi connectivity index (χ2n) is 3.58. The van der Waals surface area contributed by atoms with E-state index in [1.54, 1.807) is 6.20 Å². The van der Waals surface area contributed by atoms with Crippen molar-refractivity contribution in [2.45, 2.75) is 13.8 Å². The number of nitrogens with zero attached hydrogens (tertiary/aromatic N) is 2. The predicted molar refractivity (Wildman–Crippen MR) is 65.5 cm³/mol. The molecule has 0 N–H and O–H groups in total. The minimum Gasteiger partial charge on any atom is -0.444 e. The van der Waals surface area contributed by atoms with E-state index in [1.807, 2.05) is 0 Å². The molecule has 0 spiro atoms. The minimum absolute atomic E-state index is 0.811. The van der Waals surface area contributed by atoms with Crippen LogP contribution in [0.4, 0.5) is 5.69 Å². The van der Waals surface area contributed by atoms with Gasteiger partial charge in [0.1, 0.15) is 0 Å². The fourth-order valence-corrected chi connectivity index (χ4v) is 1.78. The van der Waals surface area contributed by atoms with Crippen LogP contribution in [0.25, 0.3) is 11.3 Å². The van der Waals surface area contributed by atoms with E-state index in [4.69, 9.17) is 4.42 Å². The molecule has 1 aromatic heterocycles. The molecule has 0 atom stereocenters. The molecule has 2 rings (SSSR count). The molecular weight excluding hydrogens is 200 g/mol. The Labute approximate surface area is 95.7 Å². The molecule has 0 bridgehead atoms. The molecule has 1 heterocycles. The van der Waals surface area contributed by atoms with Gasteiger partial charge in [-0.15, -0.1) is 0 Å². The van der Waals surface area contributed by atoms with Crippen LogP contribution in [0.2, 0.25) is 0 Å². The van der Waals surface area contributed by atoms with Crippen molar-refractivity contribution in [3.05, 3.63) is 36.9 Å². The SMILES string of the molecule is CCN(CC)c1ccc(-c2cnco2)cc1. The Morgan fingerprint density at radius 1 is 1.12 bits per heavy atom. The van der Waals surface area contributed by atoms with Crippen LogP contribution in [0, 0.1) is 0 Å². The highest BCUT2D eigenvalue weighted by Crippen LogP contribution is 2.22. The molecule has 0 unspecified atom stereocenters. The molecule has 3 heteroatoms. The first-order valence-electron chi connectivity index (χ1n) is 5.59. The van der Waals surface area contributed by atoms with Crippen LogP contribution in [0.15, 0.2) is 41.3 Å². The number of benzene rings is 1. The van der Waals surface area contributed by atoms with Gasteiger partial charge in [0, 0.05) is 24.3 Å². The van der Waals surface area contributed by atoms with Gasteiger partial charge in [0.05, 0.1) is 6.20 Å². The zero-order chi connectivity index (χ0) is 11.4. The fraction of sp³-hybridized carbons (Fsp3) is 0.308. The summed E-state index contributed by atoms with van der Waals surface area (Å²) in [6, 6.07) is 8.36. The molecule has 1 aromatic carbocycles. The first-order chi connectivity index (χ1) is 7.85. The number of rotatable bonds is 4. The van der Waals surface area contributed by atoms with Crippen LogP contribution < -0.4 is 4.90 Å². The maximum atomic E-state index is 5.25. The Balaban J connectivity index is 2.22.